The van der Waals surface area contributed by atoms with Crippen LogP contribution in [0.5, 0.6) is 0 Å². The number of pyridine rings is 2. The minimum absolute atomic E-state index is 0.202. The average Bonchev–Trinajstić information content (AvgIpc) is 2.17. The van der Waals surface area contributed by atoms with E-state index in [2.05, 4.69) is 15.3 Å². The van der Waals surface area contributed by atoms with E-state index in [1.54, 1.807) is 6.20 Å². The Labute approximate surface area is 86.2 Å². The molecule has 0 amide bonds. The number of hydrogen-bond acceptors (Lipinski definition) is 3. The van der Waals surface area contributed by atoms with Crippen molar-refractivity contribution < 1.29 is 0 Å². The summed E-state index contributed by atoms with van der Waals surface area (Å²) in [5, 5.41) is 3.94. The molecule has 70 valence electrons. The maximum Gasteiger partial charge on any atom is 0.169 e. The second-order valence-corrected chi connectivity index (χ2v) is 3.18. The molecule has 2 heterocycles. The number of nitrogens with two attached hydrogens (primary N) is 1. The van der Waals surface area contributed by atoms with Crippen LogP contribution in [0, 0.1) is 0 Å². The Balaban J connectivity index is 2.46. The Morgan fingerprint density at radius 3 is 3.00 bits per heavy atom. The normalized spacial score (nSPS) is 10.0. The van der Waals surface area contributed by atoms with Crippen molar-refractivity contribution in [1.29, 1.82) is 0 Å². The van der Waals surface area contributed by atoms with Gasteiger partial charge in [-0.15, -0.1) is 0 Å². The van der Waals surface area contributed by atoms with Crippen molar-refractivity contribution in [1.82, 2.24) is 9.97 Å². The Hall–Kier alpha value is -1.75. The van der Waals surface area contributed by atoms with Crippen LogP contribution in [0.1, 0.15) is 0 Å². The summed E-state index contributed by atoms with van der Waals surface area (Å²) in [5.41, 5.74) is 6.00. The summed E-state index contributed by atoms with van der Waals surface area (Å²) >= 11 is 4.71. The number of anilines is 1. The number of rotatable bonds is 1. The predicted octanol–water partition coefficient (Wildman–Crippen LogP) is 1.29. The first-order chi connectivity index (χ1) is 6.75. The first kappa shape index (κ1) is 8.83. The van der Waals surface area contributed by atoms with Gasteiger partial charge in [0.05, 0.1) is 0 Å². The number of nitrogens with one attached hydrogen (secondary N) is 1. The lowest BCUT2D eigenvalue weighted by Gasteiger charge is -2.02. The lowest BCUT2D eigenvalue weighted by Crippen LogP contribution is -2.19. The van der Waals surface area contributed by atoms with Gasteiger partial charge in [-0.1, -0.05) is 0 Å². The molecule has 2 rings (SSSR count). The van der Waals surface area contributed by atoms with Crippen molar-refractivity contribution in [3.8, 4) is 0 Å². The molecule has 0 spiro atoms. The van der Waals surface area contributed by atoms with Gasteiger partial charge in [0.15, 0.2) is 10.8 Å². The van der Waals surface area contributed by atoms with Gasteiger partial charge in [0.25, 0.3) is 0 Å². The third-order valence-corrected chi connectivity index (χ3v) is 1.82. The topological polar surface area (TPSA) is 63.8 Å². The summed E-state index contributed by atoms with van der Waals surface area (Å²) in [4.78, 5) is 8.34. The summed E-state index contributed by atoms with van der Waals surface area (Å²) in [6.07, 6.45) is 1.69. The molecule has 0 fully saturated rings. The van der Waals surface area contributed by atoms with Gasteiger partial charge < -0.3 is 11.1 Å². The standard InChI is InChI=1S/C9H8N4S/c10-9(14)13-7-4-3-6-2-1-5-11-8(6)12-7/h1-5H,(H3,10,11,12,13,14). The van der Waals surface area contributed by atoms with E-state index in [-0.39, 0.29) is 5.11 Å². The number of fused-ring (bicyclic) bond motifs is 1. The zero-order valence-electron chi connectivity index (χ0n) is 7.27. The summed E-state index contributed by atoms with van der Waals surface area (Å²) < 4.78 is 0. The van der Waals surface area contributed by atoms with E-state index in [4.69, 9.17) is 18.0 Å². The lowest BCUT2D eigenvalue weighted by molar-refractivity contribution is 1.29. The van der Waals surface area contributed by atoms with Gasteiger partial charge in [-0.2, -0.15) is 0 Å². The highest BCUT2D eigenvalue weighted by Gasteiger charge is 1.98. The minimum atomic E-state index is 0.202. The van der Waals surface area contributed by atoms with Gasteiger partial charge in [-0.25, -0.2) is 9.97 Å². The summed E-state index contributed by atoms with van der Waals surface area (Å²) in [7, 11) is 0. The van der Waals surface area contributed by atoms with Gasteiger partial charge in [0.1, 0.15) is 5.82 Å². The Bertz CT molecular complexity index is 483. The van der Waals surface area contributed by atoms with E-state index in [0.29, 0.717) is 11.5 Å². The maximum atomic E-state index is 5.33. The van der Waals surface area contributed by atoms with Crippen molar-refractivity contribution >= 4 is 34.2 Å². The average molecular weight is 204 g/mol. The zero-order chi connectivity index (χ0) is 9.97. The van der Waals surface area contributed by atoms with Crippen LogP contribution in [0.2, 0.25) is 0 Å². The molecule has 0 aromatic carbocycles. The van der Waals surface area contributed by atoms with Gasteiger partial charge in [0, 0.05) is 11.6 Å². The van der Waals surface area contributed by atoms with Crippen molar-refractivity contribution in [2.45, 2.75) is 0 Å². The molecule has 0 unspecified atom stereocenters. The fraction of sp³-hybridized carbons (Fsp3) is 0. The summed E-state index contributed by atoms with van der Waals surface area (Å²) in [5.74, 6) is 0.615. The molecule has 0 aliphatic heterocycles. The van der Waals surface area contributed by atoms with E-state index in [1.165, 1.54) is 0 Å². The maximum absolute atomic E-state index is 5.33. The van der Waals surface area contributed by atoms with E-state index >= 15 is 0 Å². The Kier molecular flexibility index (Phi) is 2.24. The van der Waals surface area contributed by atoms with Crippen LogP contribution in [0.25, 0.3) is 11.0 Å². The van der Waals surface area contributed by atoms with Crippen LogP contribution in [0.4, 0.5) is 5.82 Å². The fourth-order valence-electron chi connectivity index (χ4n) is 1.15. The van der Waals surface area contributed by atoms with Crippen LogP contribution < -0.4 is 11.1 Å². The van der Waals surface area contributed by atoms with E-state index < -0.39 is 0 Å². The zero-order valence-corrected chi connectivity index (χ0v) is 8.08. The SMILES string of the molecule is NC(=S)Nc1ccc2cccnc2n1. The molecule has 4 nitrogen and oxygen atoms in total. The lowest BCUT2D eigenvalue weighted by atomic mass is 10.3. The van der Waals surface area contributed by atoms with Gasteiger partial charge >= 0.3 is 0 Å². The summed E-state index contributed by atoms with van der Waals surface area (Å²) in [6.45, 7) is 0. The van der Waals surface area contributed by atoms with E-state index in [9.17, 15) is 0 Å². The van der Waals surface area contributed by atoms with Gasteiger partial charge in [-0.05, 0) is 36.5 Å². The van der Waals surface area contributed by atoms with Crippen molar-refractivity contribution in [3.05, 3.63) is 30.5 Å². The first-order valence-corrected chi connectivity index (χ1v) is 4.45. The molecule has 5 heteroatoms. The van der Waals surface area contributed by atoms with Crippen molar-refractivity contribution in [2.75, 3.05) is 5.32 Å². The molecule has 0 radical (unpaired) electrons. The van der Waals surface area contributed by atoms with Crippen LogP contribution in [0.15, 0.2) is 30.5 Å². The van der Waals surface area contributed by atoms with E-state index in [1.807, 2.05) is 24.3 Å². The molecule has 14 heavy (non-hydrogen) atoms. The Morgan fingerprint density at radius 2 is 2.21 bits per heavy atom. The van der Waals surface area contributed by atoms with E-state index in [0.717, 1.165) is 5.39 Å². The molecular weight excluding hydrogens is 196 g/mol. The summed E-state index contributed by atoms with van der Waals surface area (Å²) in [6, 6.07) is 7.53. The highest BCUT2D eigenvalue weighted by molar-refractivity contribution is 7.80. The molecule has 0 bridgehead atoms. The number of hydrogen-bond donors (Lipinski definition) is 2. The molecule has 2 aromatic heterocycles. The van der Waals surface area contributed by atoms with Gasteiger partial charge in [-0.3, -0.25) is 0 Å². The largest absolute Gasteiger partial charge is 0.376 e. The smallest absolute Gasteiger partial charge is 0.169 e. The first-order valence-electron chi connectivity index (χ1n) is 4.04. The Morgan fingerprint density at radius 1 is 1.36 bits per heavy atom. The third kappa shape index (κ3) is 1.77. The molecule has 2 aromatic rings. The molecule has 0 saturated carbocycles. The fourth-order valence-corrected chi connectivity index (χ4v) is 1.25. The minimum Gasteiger partial charge on any atom is -0.376 e. The number of thiocarbonyl (C=S) groups is 1. The molecule has 0 aliphatic rings. The monoisotopic (exact) mass is 204 g/mol. The van der Waals surface area contributed by atoms with Crippen molar-refractivity contribution in [2.24, 2.45) is 5.73 Å². The molecule has 0 atom stereocenters. The van der Waals surface area contributed by atoms with Gasteiger partial charge in [0.2, 0.25) is 0 Å². The molecule has 0 saturated heterocycles. The number of aromatic nitrogens is 2. The molecular formula is C9H8N4S. The van der Waals surface area contributed by atoms with Crippen LogP contribution in [-0.4, -0.2) is 15.1 Å². The predicted molar refractivity (Wildman–Crippen MR) is 59.9 cm³/mol. The van der Waals surface area contributed by atoms with Crippen molar-refractivity contribution in [3.63, 3.8) is 0 Å². The highest BCUT2D eigenvalue weighted by atomic mass is 32.1. The van der Waals surface area contributed by atoms with Crippen LogP contribution in [-0.2, 0) is 0 Å². The highest BCUT2D eigenvalue weighted by Crippen LogP contribution is 2.11. The van der Waals surface area contributed by atoms with Crippen LogP contribution >= 0.6 is 12.2 Å². The second-order valence-electron chi connectivity index (χ2n) is 2.74. The van der Waals surface area contributed by atoms with Crippen LogP contribution in [0.3, 0.4) is 0 Å². The quantitative estimate of drug-likeness (QED) is 0.685. The second kappa shape index (κ2) is 3.55. The third-order valence-electron chi connectivity index (χ3n) is 1.72. The molecule has 3 N–H and O–H groups in total. The molecule has 0 aliphatic carbocycles. The number of nitrogens with zero attached hydrogens (tertiary/aromatic N) is 2.